The molecule has 1 aromatic rings. The number of halogens is 1. The number of rotatable bonds is 5. The predicted molar refractivity (Wildman–Crippen MR) is 61.8 cm³/mol. The van der Waals surface area contributed by atoms with Gasteiger partial charge in [-0.05, 0) is 55.9 Å². The molecule has 2 rings (SSSR count). The summed E-state index contributed by atoms with van der Waals surface area (Å²) in [4.78, 5) is 11.5. The maximum Gasteiger partial charge on any atom is 0.135 e. The minimum Gasteiger partial charge on any atom is -0.299 e. The SMILES string of the molecule is Cc1ccc(F)cc1CCCC(=O)C1CC1. The third-order valence-electron chi connectivity index (χ3n) is 3.21. The third kappa shape index (κ3) is 2.91. The Morgan fingerprint density at radius 3 is 2.88 bits per heavy atom. The Morgan fingerprint density at radius 1 is 1.44 bits per heavy atom. The lowest BCUT2D eigenvalue weighted by Gasteiger charge is -2.05. The number of hydrogen-bond acceptors (Lipinski definition) is 1. The van der Waals surface area contributed by atoms with Crippen molar-refractivity contribution in [1.82, 2.24) is 0 Å². The van der Waals surface area contributed by atoms with Gasteiger partial charge in [0.2, 0.25) is 0 Å². The van der Waals surface area contributed by atoms with Crippen LogP contribution in [0.25, 0.3) is 0 Å². The van der Waals surface area contributed by atoms with Crippen molar-refractivity contribution in [2.45, 2.75) is 39.0 Å². The van der Waals surface area contributed by atoms with Gasteiger partial charge < -0.3 is 0 Å². The van der Waals surface area contributed by atoms with E-state index in [4.69, 9.17) is 0 Å². The van der Waals surface area contributed by atoms with Crippen LogP contribution in [0.1, 0.15) is 36.8 Å². The molecular weight excluding hydrogens is 203 g/mol. The van der Waals surface area contributed by atoms with Crippen molar-refractivity contribution < 1.29 is 9.18 Å². The zero-order valence-corrected chi connectivity index (χ0v) is 9.63. The van der Waals surface area contributed by atoms with Crippen LogP contribution in [-0.2, 0) is 11.2 Å². The van der Waals surface area contributed by atoms with E-state index in [2.05, 4.69) is 0 Å². The number of carbonyl (C=O) groups is 1. The fourth-order valence-corrected chi connectivity index (χ4v) is 1.97. The van der Waals surface area contributed by atoms with Crippen LogP contribution in [0.15, 0.2) is 18.2 Å². The molecule has 0 N–H and O–H groups in total. The molecule has 2 heteroatoms. The number of carbonyl (C=O) groups excluding carboxylic acids is 1. The monoisotopic (exact) mass is 220 g/mol. The zero-order valence-electron chi connectivity index (χ0n) is 9.63. The fraction of sp³-hybridized carbons (Fsp3) is 0.500. The summed E-state index contributed by atoms with van der Waals surface area (Å²) < 4.78 is 13.0. The Kier molecular flexibility index (Phi) is 3.37. The predicted octanol–water partition coefficient (Wildman–Crippen LogP) is 3.44. The van der Waals surface area contributed by atoms with Gasteiger partial charge in [-0.1, -0.05) is 6.07 Å². The molecule has 0 unspecified atom stereocenters. The quantitative estimate of drug-likeness (QED) is 0.743. The van der Waals surface area contributed by atoms with Crippen LogP contribution in [-0.4, -0.2) is 5.78 Å². The maximum absolute atomic E-state index is 13.0. The normalized spacial score (nSPS) is 15.1. The van der Waals surface area contributed by atoms with Crippen molar-refractivity contribution in [3.63, 3.8) is 0 Å². The second-order valence-electron chi connectivity index (χ2n) is 4.66. The number of Topliss-reactive ketones (excluding diaryl/α,β-unsaturated/α-hetero) is 1. The van der Waals surface area contributed by atoms with Crippen LogP contribution in [0.2, 0.25) is 0 Å². The van der Waals surface area contributed by atoms with Crippen molar-refractivity contribution in [2.75, 3.05) is 0 Å². The molecule has 1 aliphatic rings. The standard InChI is InChI=1S/C14H17FO/c1-10-5-8-13(15)9-12(10)3-2-4-14(16)11-6-7-11/h5,8-9,11H,2-4,6-7H2,1H3. The van der Waals surface area contributed by atoms with E-state index in [1.807, 2.05) is 6.92 Å². The van der Waals surface area contributed by atoms with Crippen LogP contribution in [0.4, 0.5) is 4.39 Å². The van der Waals surface area contributed by atoms with Gasteiger partial charge in [0.15, 0.2) is 0 Å². The molecule has 1 aliphatic carbocycles. The van der Waals surface area contributed by atoms with Crippen molar-refractivity contribution in [3.8, 4) is 0 Å². The zero-order chi connectivity index (χ0) is 11.5. The van der Waals surface area contributed by atoms with Crippen molar-refractivity contribution in [3.05, 3.63) is 35.1 Å². The Labute approximate surface area is 95.7 Å². The molecule has 16 heavy (non-hydrogen) atoms. The van der Waals surface area contributed by atoms with Crippen molar-refractivity contribution >= 4 is 5.78 Å². The van der Waals surface area contributed by atoms with Gasteiger partial charge in [-0.2, -0.15) is 0 Å². The Balaban J connectivity index is 1.84. The van der Waals surface area contributed by atoms with Crippen LogP contribution < -0.4 is 0 Å². The van der Waals surface area contributed by atoms with Gasteiger partial charge in [0.05, 0.1) is 0 Å². The highest BCUT2D eigenvalue weighted by molar-refractivity contribution is 5.83. The summed E-state index contributed by atoms with van der Waals surface area (Å²) in [7, 11) is 0. The molecule has 1 aromatic carbocycles. The molecule has 0 amide bonds. The largest absolute Gasteiger partial charge is 0.299 e. The summed E-state index contributed by atoms with van der Waals surface area (Å²) >= 11 is 0. The highest BCUT2D eigenvalue weighted by Gasteiger charge is 2.28. The summed E-state index contributed by atoms with van der Waals surface area (Å²) in [5.74, 6) is 0.566. The van der Waals surface area contributed by atoms with Crippen molar-refractivity contribution in [2.24, 2.45) is 5.92 Å². The molecule has 86 valence electrons. The van der Waals surface area contributed by atoms with Gasteiger partial charge in [-0.25, -0.2) is 4.39 Å². The molecule has 0 atom stereocenters. The fourth-order valence-electron chi connectivity index (χ4n) is 1.97. The number of benzene rings is 1. The summed E-state index contributed by atoms with van der Waals surface area (Å²) in [6.45, 7) is 1.98. The van der Waals surface area contributed by atoms with Crippen LogP contribution in [0.5, 0.6) is 0 Å². The summed E-state index contributed by atoms with van der Waals surface area (Å²) in [5.41, 5.74) is 2.14. The minimum atomic E-state index is -0.186. The van der Waals surface area contributed by atoms with Gasteiger partial charge in [0.1, 0.15) is 11.6 Å². The first-order chi connectivity index (χ1) is 7.66. The van der Waals surface area contributed by atoms with Gasteiger partial charge in [-0.15, -0.1) is 0 Å². The molecule has 1 fully saturated rings. The van der Waals surface area contributed by atoms with Crippen LogP contribution in [0.3, 0.4) is 0 Å². The number of hydrogen-bond donors (Lipinski definition) is 0. The molecule has 1 nitrogen and oxygen atoms in total. The second-order valence-corrected chi connectivity index (χ2v) is 4.66. The van der Waals surface area contributed by atoms with E-state index in [0.717, 1.165) is 36.8 Å². The molecule has 0 aromatic heterocycles. The number of aryl methyl sites for hydroxylation is 2. The highest BCUT2D eigenvalue weighted by Crippen LogP contribution is 2.31. The smallest absolute Gasteiger partial charge is 0.135 e. The number of ketones is 1. The molecule has 0 bridgehead atoms. The first-order valence-corrected chi connectivity index (χ1v) is 5.94. The van der Waals surface area contributed by atoms with E-state index < -0.39 is 0 Å². The van der Waals surface area contributed by atoms with Gasteiger partial charge in [-0.3, -0.25) is 4.79 Å². The molecule has 0 radical (unpaired) electrons. The lowest BCUT2D eigenvalue weighted by molar-refractivity contribution is -0.120. The summed E-state index contributed by atoms with van der Waals surface area (Å²) in [6.07, 6.45) is 4.47. The maximum atomic E-state index is 13.0. The van der Waals surface area contributed by atoms with Crippen molar-refractivity contribution in [1.29, 1.82) is 0 Å². The molecule has 0 aliphatic heterocycles. The van der Waals surface area contributed by atoms with Crippen LogP contribution in [0, 0.1) is 18.7 Å². The molecule has 0 heterocycles. The third-order valence-corrected chi connectivity index (χ3v) is 3.21. The summed E-state index contributed by atoms with van der Waals surface area (Å²) in [5, 5.41) is 0. The topological polar surface area (TPSA) is 17.1 Å². The lowest BCUT2D eigenvalue weighted by atomic mass is 10.0. The Bertz CT molecular complexity index is 394. The van der Waals surface area contributed by atoms with Gasteiger partial charge in [0.25, 0.3) is 0 Å². The minimum absolute atomic E-state index is 0.186. The van der Waals surface area contributed by atoms with E-state index >= 15 is 0 Å². The average Bonchev–Trinajstić information content (AvgIpc) is 3.06. The van der Waals surface area contributed by atoms with Gasteiger partial charge in [0, 0.05) is 12.3 Å². The van der Waals surface area contributed by atoms with E-state index in [1.54, 1.807) is 12.1 Å². The average molecular weight is 220 g/mol. The Hall–Kier alpha value is -1.18. The van der Waals surface area contributed by atoms with E-state index in [-0.39, 0.29) is 5.82 Å². The first kappa shape index (κ1) is 11.3. The van der Waals surface area contributed by atoms with Crippen LogP contribution >= 0.6 is 0 Å². The Morgan fingerprint density at radius 2 is 2.19 bits per heavy atom. The first-order valence-electron chi connectivity index (χ1n) is 5.94. The molecule has 1 saturated carbocycles. The van der Waals surface area contributed by atoms with E-state index in [9.17, 15) is 9.18 Å². The molecular formula is C14H17FO. The molecule has 0 saturated heterocycles. The highest BCUT2D eigenvalue weighted by atomic mass is 19.1. The second kappa shape index (κ2) is 4.77. The molecule has 0 spiro atoms. The lowest BCUT2D eigenvalue weighted by Crippen LogP contribution is -2.01. The van der Waals surface area contributed by atoms with E-state index in [0.29, 0.717) is 18.1 Å². The van der Waals surface area contributed by atoms with E-state index in [1.165, 1.54) is 6.07 Å². The summed E-state index contributed by atoms with van der Waals surface area (Å²) in [6, 6.07) is 4.86. The van der Waals surface area contributed by atoms with Gasteiger partial charge >= 0.3 is 0 Å².